The fourth-order valence-corrected chi connectivity index (χ4v) is 2.23. The van der Waals surface area contributed by atoms with Crippen molar-refractivity contribution < 1.29 is 4.74 Å². The number of nitrogens with one attached hydrogen (secondary N) is 1. The number of ether oxygens (including phenoxy) is 1. The van der Waals surface area contributed by atoms with Crippen LogP contribution in [0.3, 0.4) is 0 Å². The lowest BCUT2D eigenvalue weighted by atomic mass is 10.4. The molecule has 0 saturated heterocycles. The molecular formula is C15H25N5O. The predicted molar refractivity (Wildman–Crippen MR) is 83.5 cm³/mol. The van der Waals surface area contributed by atoms with Crippen LogP contribution in [0.4, 0.5) is 5.95 Å². The summed E-state index contributed by atoms with van der Waals surface area (Å²) in [6.07, 6.45) is 7.77. The fraction of sp³-hybridized carbons (Fsp3) is 0.600. The molecule has 0 bridgehead atoms. The zero-order chi connectivity index (χ0) is 15.1. The Labute approximate surface area is 126 Å². The Morgan fingerprint density at radius 1 is 1.38 bits per heavy atom. The summed E-state index contributed by atoms with van der Waals surface area (Å²) < 4.78 is 9.55. The number of aryl methyl sites for hydroxylation is 4. The molecule has 0 spiro atoms. The van der Waals surface area contributed by atoms with Gasteiger partial charge in [0, 0.05) is 58.4 Å². The van der Waals surface area contributed by atoms with Crippen molar-refractivity contribution in [2.75, 3.05) is 25.1 Å². The molecule has 0 aromatic carbocycles. The van der Waals surface area contributed by atoms with Gasteiger partial charge >= 0.3 is 0 Å². The second kappa shape index (κ2) is 7.83. The molecule has 21 heavy (non-hydrogen) atoms. The Bertz CT molecular complexity index is 546. The van der Waals surface area contributed by atoms with Gasteiger partial charge in [-0.1, -0.05) is 0 Å². The maximum Gasteiger partial charge on any atom is 0.203 e. The Morgan fingerprint density at radius 2 is 2.24 bits per heavy atom. The lowest BCUT2D eigenvalue weighted by molar-refractivity contribution is 0.147. The third-order valence-electron chi connectivity index (χ3n) is 3.35. The lowest BCUT2D eigenvalue weighted by Gasteiger charge is -2.09. The normalized spacial score (nSPS) is 11.0. The molecule has 0 unspecified atom stereocenters. The third kappa shape index (κ3) is 4.60. The molecule has 6 heteroatoms. The average molecular weight is 291 g/mol. The molecule has 2 aromatic rings. The minimum absolute atomic E-state index is 0.775. The Kier molecular flexibility index (Phi) is 5.80. The summed E-state index contributed by atoms with van der Waals surface area (Å²) in [5.41, 5.74) is 1.03. The summed E-state index contributed by atoms with van der Waals surface area (Å²) in [6.45, 7) is 7.34. The van der Waals surface area contributed by atoms with Crippen molar-refractivity contribution in [3.63, 3.8) is 0 Å². The van der Waals surface area contributed by atoms with E-state index in [4.69, 9.17) is 4.74 Å². The van der Waals surface area contributed by atoms with E-state index in [0.717, 1.165) is 56.6 Å². The van der Waals surface area contributed by atoms with Crippen molar-refractivity contribution in [2.45, 2.75) is 33.2 Å². The van der Waals surface area contributed by atoms with E-state index in [1.807, 2.05) is 33.3 Å². The number of rotatable bonds is 9. The quantitative estimate of drug-likeness (QED) is 0.718. The van der Waals surface area contributed by atoms with E-state index < -0.39 is 0 Å². The van der Waals surface area contributed by atoms with Gasteiger partial charge in [-0.05, 0) is 20.3 Å². The van der Waals surface area contributed by atoms with Gasteiger partial charge in [-0.15, -0.1) is 0 Å². The summed E-state index contributed by atoms with van der Waals surface area (Å²) in [5, 5.41) is 3.38. The SMILES string of the molecule is CCOCCCNc1nc(C)cn1CCc1nccn1C. The van der Waals surface area contributed by atoms with E-state index in [2.05, 4.69) is 30.6 Å². The maximum atomic E-state index is 5.34. The Balaban J connectivity index is 1.86. The van der Waals surface area contributed by atoms with Gasteiger partial charge in [0.25, 0.3) is 0 Å². The molecule has 116 valence electrons. The number of imidazole rings is 2. The van der Waals surface area contributed by atoms with Gasteiger partial charge in [0.15, 0.2) is 0 Å². The molecule has 0 radical (unpaired) electrons. The second-order valence-corrected chi connectivity index (χ2v) is 5.08. The van der Waals surface area contributed by atoms with E-state index in [0.29, 0.717) is 0 Å². The van der Waals surface area contributed by atoms with Crippen LogP contribution in [0.15, 0.2) is 18.6 Å². The molecular weight excluding hydrogens is 266 g/mol. The summed E-state index contributed by atoms with van der Waals surface area (Å²) in [4.78, 5) is 8.89. The zero-order valence-corrected chi connectivity index (χ0v) is 13.2. The molecule has 0 amide bonds. The molecule has 0 aliphatic rings. The maximum absolute atomic E-state index is 5.34. The van der Waals surface area contributed by atoms with Crippen molar-refractivity contribution in [3.05, 3.63) is 30.1 Å². The van der Waals surface area contributed by atoms with Gasteiger partial charge in [0.1, 0.15) is 5.82 Å². The predicted octanol–water partition coefficient (Wildman–Crippen LogP) is 2.01. The number of nitrogens with zero attached hydrogens (tertiary/aromatic N) is 4. The first-order valence-electron chi connectivity index (χ1n) is 7.52. The minimum Gasteiger partial charge on any atom is -0.382 e. The average Bonchev–Trinajstić information content (AvgIpc) is 3.02. The first kappa shape index (κ1) is 15.6. The van der Waals surface area contributed by atoms with Crippen LogP contribution in [0.1, 0.15) is 24.9 Å². The number of aromatic nitrogens is 4. The van der Waals surface area contributed by atoms with Crippen LogP contribution in [0, 0.1) is 6.92 Å². The highest BCUT2D eigenvalue weighted by molar-refractivity contribution is 5.28. The highest BCUT2D eigenvalue weighted by atomic mass is 16.5. The van der Waals surface area contributed by atoms with Crippen molar-refractivity contribution >= 4 is 5.95 Å². The standard InChI is InChI=1S/C15H25N5O/c1-4-21-11-5-7-17-15-18-13(2)12-20(15)9-6-14-16-8-10-19(14)3/h8,10,12H,4-7,9,11H2,1-3H3,(H,17,18). The van der Waals surface area contributed by atoms with Crippen LogP contribution in [0.2, 0.25) is 0 Å². The smallest absolute Gasteiger partial charge is 0.203 e. The Hall–Kier alpha value is -1.82. The van der Waals surface area contributed by atoms with Gasteiger partial charge in [-0.25, -0.2) is 9.97 Å². The Morgan fingerprint density at radius 3 is 2.95 bits per heavy atom. The lowest BCUT2D eigenvalue weighted by Crippen LogP contribution is -2.12. The molecule has 0 aliphatic heterocycles. The minimum atomic E-state index is 0.775. The van der Waals surface area contributed by atoms with E-state index in [-0.39, 0.29) is 0 Å². The molecule has 2 rings (SSSR count). The molecule has 0 aliphatic carbocycles. The van der Waals surface area contributed by atoms with E-state index in [1.165, 1.54) is 0 Å². The molecule has 0 saturated carbocycles. The number of hydrogen-bond donors (Lipinski definition) is 1. The molecule has 0 fully saturated rings. The van der Waals surface area contributed by atoms with Gasteiger partial charge in [0.2, 0.25) is 5.95 Å². The largest absolute Gasteiger partial charge is 0.382 e. The summed E-state index contributed by atoms with van der Waals surface area (Å²) in [5.74, 6) is 2.02. The van der Waals surface area contributed by atoms with E-state index in [9.17, 15) is 0 Å². The fourth-order valence-electron chi connectivity index (χ4n) is 2.23. The van der Waals surface area contributed by atoms with Crippen molar-refractivity contribution in [3.8, 4) is 0 Å². The second-order valence-electron chi connectivity index (χ2n) is 5.08. The third-order valence-corrected chi connectivity index (χ3v) is 3.35. The van der Waals surface area contributed by atoms with Crippen LogP contribution >= 0.6 is 0 Å². The van der Waals surface area contributed by atoms with Crippen LogP contribution in [-0.2, 0) is 24.8 Å². The van der Waals surface area contributed by atoms with E-state index in [1.54, 1.807) is 0 Å². The molecule has 2 heterocycles. The van der Waals surface area contributed by atoms with E-state index >= 15 is 0 Å². The van der Waals surface area contributed by atoms with Crippen LogP contribution in [0.5, 0.6) is 0 Å². The molecule has 0 atom stereocenters. The first-order chi connectivity index (χ1) is 10.2. The summed E-state index contributed by atoms with van der Waals surface area (Å²) in [7, 11) is 2.02. The number of anilines is 1. The zero-order valence-electron chi connectivity index (χ0n) is 13.2. The van der Waals surface area contributed by atoms with Crippen LogP contribution in [0.25, 0.3) is 0 Å². The van der Waals surface area contributed by atoms with Crippen molar-refractivity contribution in [2.24, 2.45) is 7.05 Å². The van der Waals surface area contributed by atoms with Crippen molar-refractivity contribution in [1.29, 1.82) is 0 Å². The van der Waals surface area contributed by atoms with Gasteiger partial charge in [-0.2, -0.15) is 0 Å². The monoisotopic (exact) mass is 291 g/mol. The molecule has 2 aromatic heterocycles. The summed E-state index contributed by atoms with van der Waals surface area (Å²) >= 11 is 0. The van der Waals surface area contributed by atoms with Crippen LogP contribution < -0.4 is 5.32 Å². The number of hydrogen-bond acceptors (Lipinski definition) is 4. The first-order valence-corrected chi connectivity index (χ1v) is 7.52. The molecule has 1 N–H and O–H groups in total. The molecule has 6 nitrogen and oxygen atoms in total. The van der Waals surface area contributed by atoms with Gasteiger partial charge in [-0.3, -0.25) is 0 Å². The van der Waals surface area contributed by atoms with Crippen molar-refractivity contribution in [1.82, 2.24) is 19.1 Å². The van der Waals surface area contributed by atoms with Crippen LogP contribution in [-0.4, -0.2) is 38.9 Å². The van der Waals surface area contributed by atoms with Gasteiger partial charge < -0.3 is 19.2 Å². The topological polar surface area (TPSA) is 56.9 Å². The summed E-state index contributed by atoms with van der Waals surface area (Å²) in [6, 6.07) is 0. The highest BCUT2D eigenvalue weighted by Crippen LogP contribution is 2.10. The van der Waals surface area contributed by atoms with Gasteiger partial charge in [0.05, 0.1) is 5.69 Å². The highest BCUT2D eigenvalue weighted by Gasteiger charge is 2.06.